The summed E-state index contributed by atoms with van der Waals surface area (Å²) in [7, 11) is 0. The maximum absolute atomic E-state index is 12.5. The minimum absolute atomic E-state index is 0.138. The first kappa shape index (κ1) is 18.3. The Morgan fingerprint density at radius 1 is 0.957 bits per heavy atom. The van der Waals surface area contributed by atoms with Crippen molar-refractivity contribution < 1.29 is 19.4 Å². The highest BCUT2D eigenvalue weighted by Gasteiger charge is 2.60. The largest absolute Gasteiger partial charge is 0.481 e. The molecular weight excluding hydrogens is 292 g/mol. The van der Waals surface area contributed by atoms with Crippen LogP contribution in [0.15, 0.2) is 0 Å². The fourth-order valence-electron chi connectivity index (χ4n) is 4.81. The molecule has 0 heterocycles. The predicted octanol–water partition coefficient (Wildman–Crippen LogP) is 4.13. The third kappa shape index (κ3) is 3.89. The first-order chi connectivity index (χ1) is 11.0. The standard InChI is InChI=1S/C19H32O4/c1-4-5-6-7-8-9-10-23-19(22)17-15-11-14(12(2)13(15)3)16(17)18(20)21/h12-17H,4-11H2,1-3H3,(H,20,21). The van der Waals surface area contributed by atoms with Gasteiger partial charge in [0.2, 0.25) is 0 Å². The minimum atomic E-state index is -0.822. The Hall–Kier alpha value is -1.06. The van der Waals surface area contributed by atoms with Gasteiger partial charge in [0.25, 0.3) is 0 Å². The highest BCUT2D eigenvalue weighted by Crippen LogP contribution is 2.58. The van der Waals surface area contributed by atoms with E-state index in [-0.39, 0.29) is 17.8 Å². The smallest absolute Gasteiger partial charge is 0.310 e. The Morgan fingerprint density at radius 3 is 2.13 bits per heavy atom. The molecule has 2 bridgehead atoms. The van der Waals surface area contributed by atoms with Crippen molar-refractivity contribution in [2.45, 2.75) is 65.7 Å². The Kier molecular flexibility index (Phi) is 6.49. The van der Waals surface area contributed by atoms with Crippen LogP contribution < -0.4 is 0 Å². The second-order valence-corrected chi connectivity index (χ2v) is 7.61. The highest BCUT2D eigenvalue weighted by molar-refractivity contribution is 5.83. The van der Waals surface area contributed by atoms with Gasteiger partial charge in [-0.1, -0.05) is 52.9 Å². The lowest BCUT2D eigenvalue weighted by Gasteiger charge is -2.34. The highest BCUT2D eigenvalue weighted by atomic mass is 16.5. The van der Waals surface area contributed by atoms with Crippen LogP contribution in [0.2, 0.25) is 0 Å². The van der Waals surface area contributed by atoms with E-state index in [1.165, 1.54) is 25.7 Å². The third-order valence-corrected chi connectivity index (χ3v) is 6.33. The summed E-state index contributed by atoms with van der Waals surface area (Å²) in [6.45, 7) is 6.91. The molecule has 23 heavy (non-hydrogen) atoms. The molecule has 0 aromatic carbocycles. The van der Waals surface area contributed by atoms with Crippen molar-refractivity contribution in [1.82, 2.24) is 0 Å². The zero-order chi connectivity index (χ0) is 17.0. The van der Waals surface area contributed by atoms with E-state index in [0.29, 0.717) is 18.4 Å². The van der Waals surface area contributed by atoms with Crippen molar-refractivity contribution in [3.8, 4) is 0 Å². The van der Waals surface area contributed by atoms with Gasteiger partial charge in [0.1, 0.15) is 0 Å². The minimum Gasteiger partial charge on any atom is -0.481 e. The zero-order valence-corrected chi connectivity index (χ0v) is 14.8. The average Bonchev–Trinajstić information content (AvgIpc) is 3.04. The summed E-state index contributed by atoms with van der Waals surface area (Å²) < 4.78 is 5.45. The molecule has 4 nitrogen and oxygen atoms in total. The van der Waals surface area contributed by atoms with Crippen LogP contribution in [0.25, 0.3) is 0 Å². The van der Waals surface area contributed by atoms with E-state index in [0.717, 1.165) is 19.3 Å². The van der Waals surface area contributed by atoms with Gasteiger partial charge in [-0.3, -0.25) is 9.59 Å². The van der Waals surface area contributed by atoms with Crippen molar-refractivity contribution >= 4 is 11.9 Å². The summed E-state index contributed by atoms with van der Waals surface area (Å²) in [6, 6.07) is 0. The summed E-state index contributed by atoms with van der Waals surface area (Å²) in [4.78, 5) is 24.1. The van der Waals surface area contributed by atoms with Gasteiger partial charge < -0.3 is 9.84 Å². The number of carboxylic acid groups (broad SMARTS) is 1. The lowest BCUT2D eigenvalue weighted by atomic mass is 9.69. The lowest BCUT2D eigenvalue weighted by molar-refractivity contribution is -0.162. The normalized spacial score (nSPS) is 35.4. The van der Waals surface area contributed by atoms with Gasteiger partial charge in [-0.05, 0) is 36.5 Å². The number of unbranched alkanes of at least 4 members (excludes halogenated alkanes) is 5. The van der Waals surface area contributed by atoms with Crippen LogP contribution in [-0.2, 0) is 14.3 Å². The van der Waals surface area contributed by atoms with Gasteiger partial charge in [0.15, 0.2) is 0 Å². The second kappa shape index (κ2) is 8.16. The van der Waals surface area contributed by atoms with Crippen LogP contribution in [0.4, 0.5) is 0 Å². The van der Waals surface area contributed by atoms with E-state index in [4.69, 9.17) is 4.74 Å². The first-order valence-electron chi connectivity index (χ1n) is 9.38. The lowest BCUT2D eigenvalue weighted by Crippen LogP contribution is -2.41. The third-order valence-electron chi connectivity index (χ3n) is 6.33. The fourth-order valence-corrected chi connectivity index (χ4v) is 4.81. The average molecular weight is 324 g/mol. The van der Waals surface area contributed by atoms with Gasteiger partial charge in [-0.25, -0.2) is 0 Å². The van der Waals surface area contributed by atoms with Crippen molar-refractivity contribution in [2.75, 3.05) is 6.61 Å². The van der Waals surface area contributed by atoms with E-state index >= 15 is 0 Å². The summed E-state index contributed by atoms with van der Waals surface area (Å²) >= 11 is 0. The summed E-state index contributed by atoms with van der Waals surface area (Å²) in [5.41, 5.74) is 0. The first-order valence-corrected chi connectivity index (χ1v) is 9.38. The number of fused-ring (bicyclic) bond motifs is 2. The Bertz CT molecular complexity index is 420. The predicted molar refractivity (Wildman–Crippen MR) is 88.9 cm³/mol. The van der Waals surface area contributed by atoms with E-state index in [1.807, 2.05) is 0 Å². The molecule has 0 aromatic heterocycles. The molecule has 2 aliphatic rings. The maximum atomic E-state index is 12.5. The van der Waals surface area contributed by atoms with E-state index < -0.39 is 17.8 Å². The molecule has 0 saturated heterocycles. The molecule has 6 unspecified atom stereocenters. The van der Waals surface area contributed by atoms with Gasteiger partial charge in [-0.2, -0.15) is 0 Å². The molecule has 2 aliphatic carbocycles. The molecule has 0 radical (unpaired) electrons. The number of carbonyl (C=O) groups is 2. The van der Waals surface area contributed by atoms with Crippen molar-refractivity contribution in [1.29, 1.82) is 0 Å². The molecule has 0 aliphatic heterocycles. The Balaban J connectivity index is 1.80. The maximum Gasteiger partial charge on any atom is 0.310 e. The van der Waals surface area contributed by atoms with Crippen molar-refractivity contribution in [3.05, 3.63) is 0 Å². The number of hydrogen-bond donors (Lipinski definition) is 1. The van der Waals surface area contributed by atoms with Gasteiger partial charge in [-0.15, -0.1) is 0 Å². The molecule has 132 valence electrons. The van der Waals surface area contributed by atoms with Crippen LogP contribution >= 0.6 is 0 Å². The number of carbonyl (C=O) groups excluding carboxylic acids is 1. The topological polar surface area (TPSA) is 63.6 Å². The van der Waals surface area contributed by atoms with Crippen molar-refractivity contribution in [2.24, 2.45) is 35.5 Å². The van der Waals surface area contributed by atoms with Crippen molar-refractivity contribution in [3.63, 3.8) is 0 Å². The number of hydrogen-bond acceptors (Lipinski definition) is 3. The summed E-state index contributed by atoms with van der Waals surface area (Å²) in [5.74, 6) is -0.917. The van der Waals surface area contributed by atoms with Gasteiger partial charge in [0.05, 0.1) is 18.4 Å². The molecule has 2 rings (SSSR count). The Morgan fingerprint density at radius 2 is 1.52 bits per heavy atom. The fraction of sp³-hybridized carbons (Fsp3) is 0.895. The molecule has 2 fully saturated rings. The van der Waals surface area contributed by atoms with Gasteiger partial charge in [0, 0.05) is 0 Å². The molecule has 6 atom stereocenters. The van der Waals surface area contributed by atoms with Crippen LogP contribution in [0.3, 0.4) is 0 Å². The number of carboxylic acids is 1. The summed E-state index contributed by atoms with van der Waals surface area (Å²) in [6.07, 6.45) is 7.77. The SMILES string of the molecule is CCCCCCCCOC(=O)C1C2CC(C(C)C2C)C1C(=O)O. The van der Waals surface area contributed by atoms with Gasteiger partial charge >= 0.3 is 11.9 Å². The molecule has 1 N–H and O–H groups in total. The Labute approximate surface area is 140 Å². The second-order valence-electron chi connectivity index (χ2n) is 7.61. The molecule has 0 amide bonds. The number of ether oxygens (including phenoxy) is 1. The van der Waals surface area contributed by atoms with Crippen LogP contribution in [0, 0.1) is 35.5 Å². The van der Waals surface area contributed by atoms with E-state index in [2.05, 4.69) is 20.8 Å². The van der Waals surface area contributed by atoms with Crippen LogP contribution in [-0.4, -0.2) is 23.7 Å². The van der Waals surface area contributed by atoms with Crippen LogP contribution in [0.5, 0.6) is 0 Å². The summed E-state index contributed by atoms with van der Waals surface area (Å²) in [5, 5.41) is 9.54. The molecule has 0 spiro atoms. The number of aliphatic carboxylic acids is 1. The number of rotatable bonds is 9. The number of esters is 1. The zero-order valence-electron chi connectivity index (χ0n) is 14.8. The molecule has 0 aromatic rings. The molecule has 2 saturated carbocycles. The quantitative estimate of drug-likeness (QED) is 0.511. The molecule has 4 heteroatoms. The van der Waals surface area contributed by atoms with E-state index in [1.54, 1.807) is 0 Å². The molecular formula is C19H32O4. The van der Waals surface area contributed by atoms with E-state index in [9.17, 15) is 14.7 Å². The monoisotopic (exact) mass is 324 g/mol. The van der Waals surface area contributed by atoms with Crippen LogP contribution in [0.1, 0.15) is 65.7 Å².